The van der Waals surface area contributed by atoms with Gasteiger partial charge in [0.15, 0.2) is 0 Å². The number of carboxylic acid groups (broad SMARTS) is 1. The Morgan fingerprint density at radius 1 is 1.26 bits per heavy atom. The molecular weight excluding hydrogens is 238 g/mol. The van der Waals surface area contributed by atoms with Gasteiger partial charge in [0.05, 0.1) is 6.42 Å². The van der Waals surface area contributed by atoms with Gasteiger partial charge in [0.25, 0.3) is 0 Å². The summed E-state index contributed by atoms with van der Waals surface area (Å²) in [6, 6.07) is 11.5. The molecule has 0 spiro atoms. The maximum absolute atomic E-state index is 10.6. The highest BCUT2D eigenvalue weighted by molar-refractivity contribution is 5.80. The van der Waals surface area contributed by atoms with Crippen LogP contribution < -0.4 is 0 Å². The zero-order chi connectivity index (χ0) is 13.7. The summed E-state index contributed by atoms with van der Waals surface area (Å²) in [7, 11) is 0. The average molecular weight is 253 g/mol. The number of hydrogen-bond acceptors (Lipinski definition) is 2. The summed E-state index contributed by atoms with van der Waals surface area (Å²) in [5.74, 6) is -0.810. The van der Waals surface area contributed by atoms with Crippen LogP contribution in [0.4, 0.5) is 0 Å². The number of rotatable bonds is 4. The van der Waals surface area contributed by atoms with Gasteiger partial charge in [-0.3, -0.25) is 9.78 Å². The van der Waals surface area contributed by atoms with Crippen molar-refractivity contribution in [3.63, 3.8) is 0 Å². The summed E-state index contributed by atoms with van der Waals surface area (Å²) in [4.78, 5) is 14.7. The Morgan fingerprint density at radius 2 is 2.00 bits per heavy atom. The van der Waals surface area contributed by atoms with Crippen molar-refractivity contribution >= 4 is 17.6 Å². The Bertz CT molecular complexity index is 586. The van der Waals surface area contributed by atoms with Gasteiger partial charge >= 0.3 is 5.97 Å². The minimum absolute atomic E-state index is 0.0611. The van der Waals surface area contributed by atoms with E-state index in [2.05, 4.69) is 11.1 Å². The largest absolute Gasteiger partial charge is 0.481 e. The monoisotopic (exact) mass is 253 g/mol. The third-order valence-electron chi connectivity index (χ3n) is 2.84. The van der Waals surface area contributed by atoms with Crippen molar-refractivity contribution in [3.05, 3.63) is 65.5 Å². The number of allylic oxidation sites excluding steroid dienone is 1. The summed E-state index contributed by atoms with van der Waals surface area (Å²) in [6.07, 6.45) is 5.69. The van der Waals surface area contributed by atoms with E-state index in [9.17, 15) is 4.79 Å². The van der Waals surface area contributed by atoms with Crippen LogP contribution in [0.3, 0.4) is 0 Å². The molecule has 0 aliphatic carbocycles. The lowest BCUT2D eigenvalue weighted by Crippen LogP contribution is -1.99. The maximum atomic E-state index is 10.6. The van der Waals surface area contributed by atoms with E-state index in [1.54, 1.807) is 6.20 Å². The molecule has 0 aliphatic rings. The lowest BCUT2D eigenvalue weighted by atomic mass is 10.0. The highest BCUT2D eigenvalue weighted by atomic mass is 16.4. The SMILES string of the molecule is C/C(=C/c1ccc(CC(=O)O)cc1)c1cccnc1. The fourth-order valence-corrected chi connectivity index (χ4v) is 1.84. The van der Waals surface area contributed by atoms with Crippen LogP contribution in [0.1, 0.15) is 23.6 Å². The van der Waals surface area contributed by atoms with Crippen molar-refractivity contribution in [2.24, 2.45) is 0 Å². The zero-order valence-corrected chi connectivity index (χ0v) is 10.7. The standard InChI is InChI=1S/C16H15NO2/c1-12(15-3-2-8-17-11-15)9-13-4-6-14(7-5-13)10-16(18)19/h2-9,11H,10H2,1H3,(H,18,19)/b12-9-. The second-order valence-corrected chi connectivity index (χ2v) is 4.38. The Kier molecular flexibility index (Phi) is 4.08. The van der Waals surface area contributed by atoms with E-state index in [-0.39, 0.29) is 6.42 Å². The Hall–Kier alpha value is -2.42. The summed E-state index contributed by atoms with van der Waals surface area (Å²) in [6.45, 7) is 2.03. The fraction of sp³-hybridized carbons (Fsp3) is 0.125. The topological polar surface area (TPSA) is 50.2 Å². The van der Waals surface area contributed by atoms with Gasteiger partial charge in [0.2, 0.25) is 0 Å². The molecule has 0 saturated carbocycles. The number of pyridine rings is 1. The molecule has 0 amide bonds. The van der Waals surface area contributed by atoms with E-state index in [4.69, 9.17) is 5.11 Å². The highest BCUT2D eigenvalue weighted by Crippen LogP contribution is 2.17. The van der Waals surface area contributed by atoms with E-state index >= 15 is 0 Å². The first-order valence-electron chi connectivity index (χ1n) is 6.04. The molecule has 2 aromatic rings. The fourth-order valence-electron chi connectivity index (χ4n) is 1.84. The number of aliphatic carboxylic acids is 1. The van der Waals surface area contributed by atoms with Gasteiger partial charge in [0.1, 0.15) is 0 Å². The van der Waals surface area contributed by atoms with Crippen molar-refractivity contribution in [3.8, 4) is 0 Å². The quantitative estimate of drug-likeness (QED) is 0.909. The first kappa shape index (κ1) is 13.0. The second kappa shape index (κ2) is 5.96. The molecule has 3 heteroatoms. The lowest BCUT2D eigenvalue weighted by molar-refractivity contribution is -0.136. The van der Waals surface area contributed by atoms with Gasteiger partial charge in [-0.25, -0.2) is 0 Å². The van der Waals surface area contributed by atoms with Crippen LogP contribution in [0.2, 0.25) is 0 Å². The second-order valence-electron chi connectivity index (χ2n) is 4.38. The Labute approximate surface area is 112 Å². The molecule has 2 rings (SSSR count). The van der Waals surface area contributed by atoms with Gasteiger partial charge in [-0.15, -0.1) is 0 Å². The molecule has 1 N–H and O–H groups in total. The summed E-state index contributed by atoms with van der Waals surface area (Å²) in [5.41, 5.74) is 4.07. The van der Waals surface area contributed by atoms with Crippen molar-refractivity contribution in [2.45, 2.75) is 13.3 Å². The molecule has 1 heterocycles. The van der Waals surface area contributed by atoms with Crippen molar-refractivity contribution < 1.29 is 9.90 Å². The summed E-state index contributed by atoms with van der Waals surface area (Å²) < 4.78 is 0. The zero-order valence-electron chi connectivity index (χ0n) is 10.7. The number of hydrogen-bond donors (Lipinski definition) is 1. The van der Waals surface area contributed by atoms with Crippen molar-refractivity contribution in [1.29, 1.82) is 0 Å². The molecule has 0 bridgehead atoms. The van der Waals surface area contributed by atoms with Gasteiger partial charge in [-0.1, -0.05) is 36.4 Å². The van der Waals surface area contributed by atoms with Crippen LogP contribution in [0.25, 0.3) is 11.6 Å². The van der Waals surface area contributed by atoms with Gasteiger partial charge < -0.3 is 5.11 Å². The maximum Gasteiger partial charge on any atom is 0.307 e. The van der Waals surface area contributed by atoms with E-state index in [1.807, 2.05) is 49.5 Å². The number of aromatic nitrogens is 1. The van der Waals surface area contributed by atoms with E-state index in [0.717, 1.165) is 22.3 Å². The normalized spacial score (nSPS) is 11.3. The van der Waals surface area contributed by atoms with Gasteiger partial charge in [0, 0.05) is 12.4 Å². The van der Waals surface area contributed by atoms with Crippen LogP contribution in [-0.4, -0.2) is 16.1 Å². The highest BCUT2D eigenvalue weighted by Gasteiger charge is 2.00. The van der Waals surface area contributed by atoms with E-state index in [1.165, 1.54) is 0 Å². The van der Waals surface area contributed by atoms with Crippen LogP contribution in [-0.2, 0) is 11.2 Å². The third-order valence-corrected chi connectivity index (χ3v) is 2.84. The molecule has 0 atom stereocenters. The Balaban J connectivity index is 2.17. The summed E-state index contributed by atoms with van der Waals surface area (Å²) >= 11 is 0. The van der Waals surface area contributed by atoms with Crippen LogP contribution in [0.5, 0.6) is 0 Å². The molecule has 0 aliphatic heterocycles. The first-order valence-corrected chi connectivity index (χ1v) is 6.04. The molecule has 0 saturated heterocycles. The molecule has 96 valence electrons. The number of nitrogens with zero attached hydrogens (tertiary/aromatic N) is 1. The van der Waals surface area contributed by atoms with Gasteiger partial charge in [-0.05, 0) is 35.3 Å². The number of carboxylic acids is 1. The minimum Gasteiger partial charge on any atom is -0.481 e. The molecule has 3 nitrogen and oxygen atoms in total. The molecule has 19 heavy (non-hydrogen) atoms. The predicted octanol–water partition coefficient (Wildman–Crippen LogP) is 3.27. The number of carbonyl (C=O) groups is 1. The van der Waals surface area contributed by atoms with Crippen LogP contribution in [0.15, 0.2) is 48.8 Å². The van der Waals surface area contributed by atoms with Crippen molar-refractivity contribution in [2.75, 3.05) is 0 Å². The Morgan fingerprint density at radius 3 is 2.58 bits per heavy atom. The third kappa shape index (κ3) is 3.78. The molecule has 0 fully saturated rings. The van der Waals surface area contributed by atoms with E-state index in [0.29, 0.717) is 0 Å². The first-order chi connectivity index (χ1) is 9.15. The van der Waals surface area contributed by atoms with Gasteiger partial charge in [-0.2, -0.15) is 0 Å². The number of benzene rings is 1. The average Bonchev–Trinajstić information content (AvgIpc) is 2.41. The predicted molar refractivity (Wildman–Crippen MR) is 75.6 cm³/mol. The van der Waals surface area contributed by atoms with E-state index < -0.39 is 5.97 Å². The van der Waals surface area contributed by atoms with Crippen molar-refractivity contribution in [1.82, 2.24) is 4.98 Å². The smallest absolute Gasteiger partial charge is 0.307 e. The molecule has 1 aromatic heterocycles. The summed E-state index contributed by atoms with van der Waals surface area (Å²) in [5, 5.41) is 8.71. The van der Waals surface area contributed by atoms with Crippen LogP contribution in [0, 0.1) is 0 Å². The molecule has 0 unspecified atom stereocenters. The lowest BCUT2D eigenvalue weighted by Gasteiger charge is -2.02. The molecule has 0 radical (unpaired) electrons. The minimum atomic E-state index is -0.810. The molecule has 1 aromatic carbocycles. The van der Waals surface area contributed by atoms with Crippen LogP contribution >= 0.6 is 0 Å². The molecular formula is C16H15NO2.